The summed E-state index contributed by atoms with van der Waals surface area (Å²) in [6, 6.07) is 0. The van der Waals surface area contributed by atoms with E-state index in [2.05, 4.69) is 9.97 Å². The van der Waals surface area contributed by atoms with Gasteiger partial charge in [0.25, 0.3) is 5.56 Å². The van der Waals surface area contributed by atoms with Crippen LogP contribution in [0.1, 0.15) is 29.6 Å². The van der Waals surface area contributed by atoms with Crippen LogP contribution >= 0.6 is 23.1 Å². The minimum Gasteiger partial charge on any atom is -0.344 e. The van der Waals surface area contributed by atoms with Crippen LogP contribution in [-0.4, -0.2) is 45.8 Å². The Bertz CT molecular complexity index is 861. The molecule has 2 heterocycles. The summed E-state index contributed by atoms with van der Waals surface area (Å²) in [4.78, 5) is 34.3. The molecule has 26 heavy (non-hydrogen) atoms. The molecule has 0 saturated heterocycles. The molecule has 1 unspecified atom stereocenters. The first-order valence-electron chi connectivity index (χ1n) is 7.92. The molecule has 0 radical (unpaired) electrons. The van der Waals surface area contributed by atoms with Crippen molar-refractivity contribution in [2.75, 3.05) is 13.6 Å². The van der Waals surface area contributed by atoms with Crippen LogP contribution in [0.5, 0.6) is 0 Å². The highest BCUT2D eigenvalue weighted by Crippen LogP contribution is 2.27. The standard InChI is InChI=1S/C16H20F3N3O2S2/c1-8-9(2)26-14-12(8)13(23)20-11(21-14)7-25-10(3)15(24)22(4)6-5-16(17,18)19/h10H,5-7H2,1-4H3,(H,20,21,23). The summed E-state index contributed by atoms with van der Waals surface area (Å²) in [6.45, 7) is 5.05. The van der Waals surface area contributed by atoms with Gasteiger partial charge in [0.2, 0.25) is 5.91 Å². The molecule has 0 aromatic carbocycles. The predicted octanol–water partition coefficient (Wildman–Crippen LogP) is 3.63. The van der Waals surface area contributed by atoms with E-state index in [0.717, 1.165) is 15.3 Å². The molecule has 10 heteroatoms. The Labute approximate surface area is 157 Å². The molecule has 0 spiro atoms. The number of hydrogen-bond acceptors (Lipinski definition) is 5. The number of thiophene rings is 1. The van der Waals surface area contributed by atoms with Gasteiger partial charge < -0.3 is 9.88 Å². The number of fused-ring (bicyclic) bond motifs is 1. The maximum atomic E-state index is 12.3. The number of alkyl halides is 3. The molecule has 2 aromatic rings. The normalized spacial score (nSPS) is 13.2. The molecule has 0 aliphatic heterocycles. The Morgan fingerprint density at radius 1 is 1.38 bits per heavy atom. The fourth-order valence-electron chi connectivity index (χ4n) is 2.36. The van der Waals surface area contributed by atoms with Crippen molar-refractivity contribution in [1.82, 2.24) is 14.9 Å². The van der Waals surface area contributed by atoms with Crippen molar-refractivity contribution in [1.29, 1.82) is 0 Å². The van der Waals surface area contributed by atoms with E-state index in [1.807, 2.05) is 13.8 Å². The van der Waals surface area contributed by atoms with E-state index in [-0.39, 0.29) is 18.0 Å². The molecule has 144 valence electrons. The van der Waals surface area contributed by atoms with Gasteiger partial charge in [0, 0.05) is 18.5 Å². The van der Waals surface area contributed by atoms with Crippen LogP contribution in [0, 0.1) is 13.8 Å². The summed E-state index contributed by atoms with van der Waals surface area (Å²) >= 11 is 2.67. The third kappa shape index (κ3) is 5.00. The fraction of sp³-hybridized carbons (Fsp3) is 0.562. The van der Waals surface area contributed by atoms with E-state index in [4.69, 9.17) is 0 Å². The molecular weight excluding hydrogens is 387 g/mol. The number of amides is 1. The average Bonchev–Trinajstić information content (AvgIpc) is 2.83. The maximum Gasteiger partial charge on any atom is 0.390 e. The number of carbonyl (C=O) groups is 1. The molecule has 2 rings (SSSR count). The van der Waals surface area contributed by atoms with E-state index in [0.29, 0.717) is 21.8 Å². The third-order valence-electron chi connectivity index (χ3n) is 4.01. The lowest BCUT2D eigenvalue weighted by atomic mass is 10.2. The molecule has 2 aromatic heterocycles. The lowest BCUT2D eigenvalue weighted by molar-refractivity contribution is -0.143. The van der Waals surface area contributed by atoms with Gasteiger partial charge in [0.1, 0.15) is 10.7 Å². The van der Waals surface area contributed by atoms with E-state index >= 15 is 0 Å². The van der Waals surface area contributed by atoms with E-state index < -0.39 is 17.8 Å². The number of carbonyl (C=O) groups excluding carboxylic acids is 1. The largest absolute Gasteiger partial charge is 0.390 e. The Hall–Kier alpha value is -1.55. The lowest BCUT2D eigenvalue weighted by Crippen LogP contribution is -2.35. The summed E-state index contributed by atoms with van der Waals surface area (Å²) in [5.41, 5.74) is 0.696. The number of aryl methyl sites for hydroxylation is 2. The fourth-order valence-corrected chi connectivity index (χ4v) is 4.27. The third-order valence-corrected chi connectivity index (χ3v) is 6.26. The van der Waals surface area contributed by atoms with Gasteiger partial charge in [-0.15, -0.1) is 23.1 Å². The van der Waals surface area contributed by atoms with Crippen molar-refractivity contribution >= 4 is 39.2 Å². The van der Waals surface area contributed by atoms with Crippen LogP contribution in [0.15, 0.2) is 4.79 Å². The Morgan fingerprint density at radius 3 is 2.65 bits per heavy atom. The van der Waals surface area contributed by atoms with E-state index in [1.165, 1.54) is 30.1 Å². The lowest BCUT2D eigenvalue weighted by Gasteiger charge is -2.21. The minimum absolute atomic E-state index is 0.214. The molecule has 0 fully saturated rings. The molecule has 1 atom stereocenters. The number of aromatic amines is 1. The zero-order valence-electron chi connectivity index (χ0n) is 14.9. The average molecular weight is 407 g/mol. The van der Waals surface area contributed by atoms with Gasteiger partial charge in [-0.1, -0.05) is 0 Å². The summed E-state index contributed by atoms with van der Waals surface area (Å²) < 4.78 is 36.8. The number of H-pyrrole nitrogens is 1. The number of hydrogen-bond donors (Lipinski definition) is 1. The number of thioether (sulfide) groups is 1. The summed E-state index contributed by atoms with van der Waals surface area (Å²) in [6.07, 6.45) is -5.32. The molecule has 1 N–H and O–H groups in total. The second-order valence-electron chi connectivity index (χ2n) is 6.05. The van der Waals surface area contributed by atoms with Crippen LogP contribution in [0.2, 0.25) is 0 Å². The van der Waals surface area contributed by atoms with Gasteiger partial charge in [-0.05, 0) is 26.3 Å². The minimum atomic E-state index is -4.29. The molecule has 5 nitrogen and oxygen atoms in total. The van der Waals surface area contributed by atoms with E-state index in [1.54, 1.807) is 6.92 Å². The summed E-state index contributed by atoms with van der Waals surface area (Å²) in [5.74, 6) is 0.359. The second-order valence-corrected chi connectivity index (χ2v) is 8.59. The molecular formula is C16H20F3N3O2S2. The van der Waals surface area contributed by atoms with Crippen LogP contribution in [0.4, 0.5) is 13.2 Å². The molecule has 0 aliphatic carbocycles. The van der Waals surface area contributed by atoms with Crippen molar-refractivity contribution < 1.29 is 18.0 Å². The Morgan fingerprint density at radius 2 is 2.04 bits per heavy atom. The number of nitrogens with zero attached hydrogens (tertiary/aromatic N) is 2. The first-order chi connectivity index (χ1) is 12.0. The number of aromatic nitrogens is 2. The topological polar surface area (TPSA) is 66.1 Å². The van der Waals surface area contributed by atoms with Crippen LogP contribution < -0.4 is 5.56 Å². The van der Waals surface area contributed by atoms with Gasteiger partial charge in [0.05, 0.1) is 22.8 Å². The van der Waals surface area contributed by atoms with Crippen molar-refractivity contribution in [3.63, 3.8) is 0 Å². The van der Waals surface area contributed by atoms with Crippen molar-refractivity contribution in [2.45, 2.75) is 44.4 Å². The monoisotopic (exact) mass is 407 g/mol. The van der Waals surface area contributed by atoms with Crippen molar-refractivity contribution in [3.8, 4) is 0 Å². The summed E-state index contributed by atoms with van der Waals surface area (Å²) in [7, 11) is 1.36. The van der Waals surface area contributed by atoms with Gasteiger partial charge in [-0.3, -0.25) is 9.59 Å². The quantitative estimate of drug-likeness (QED) is 0.794. The maximum absolute atomic E-state index is 12.3. The highest BCUT2D eigenvalue weighted by Gasteiger charge is 2.29. The predicted molar refractivity (Wildman–Crippen MR) is 98.8 cm³/mol. The smallest absolute Gasteiger partial charge is 0.344 e. The Kier molecular flexibility index (Phi) is 6.38. The molecule has 0 bridgehead atoms. The first-order valence-corrected chi connectivity index (χ1v) is 9.78. The van der Waals surface area contributed by atoms with Gasteiger partial charge in [-0.2, -0.15) is 13.2 Å². The van der Waals surface area contributed by atoms with Gasteiger partial charge >= 0.3 is 6.18 Å². The molecule has 0 saturated carbocycles. The molecule has 0 aliphatic rings. The highest BCUT2D eigenvalue weighted by molar-refractivity contribution is 7.99. The van der Waals surface area contributed by atoms with Crippen LogP contribution in [0.3, 0.4) is 0 Å². The van der Waals surface area contributed by atoms with E-state index in [9.17, 15) is 22.8 Å². The highest BCUT2D eigenvalue weighted by atomic mass is 32.2. The zero-order chi connectivity index (χ0) is 19.6. The SMILES string of the molecule is Cc1sc2nc(CSC(C)C(=O)N(C)CCC(F)(F)F)[nH]c(=O)c2c1C. The summed E-state index contributed by atoms with van der Waals surface area (Å²) in [5, 5.41) is 0.0401. The number of nitrogens with one attached hydrogen (secondary N) is 1. The number of rotatable bonds is 6. The second kappa shape index (κ2) is 7.99. The van der Waals surface area contributed by atoms with Crippen LogP contribution in [-0.2, 0) is 10.5 Å². The molecule has 1 amide bonds. The van der Waals surface area contributed by atoms with Gasteiger partial charge in [-0.25, -0.2) is 4.98 Å². The zero-order valence-corrected chi connectivity index (χ0v) is 16.5. The van der Waals surface area contributed by atoms with Gasteiger partial charge in [0.15, 0.2) is 0 Å². The Balaban J connectivity index is 2.00. The number of halogens is 3. The van der Waals surface area contributed by atoms with Crippen molar-refractivity contribution in [3.05, 3.63) is 26.6 Å². The van der Waals surface area contributed by atoms with Crippen molar-refractivity contribution in [2.24, 2.45) is 0 Å². The van der Waals surface area contributed by atoms with Crippen LogP contribution in [0.25, 0.3) is 10.2 Å². The first kappa shape index (κ1) is 20.8.